The van der Waals surface area contributed by atoms with E-state index in [-0.39, 0.29) is 11.9 Å². The molecule has 0 aliphatic heterocycles. The van der Waals surface area contributed by atoms with Gasteiger partial charge in [0.2, 0.25) is 5.89 Å². The number of anilines is 1. The van der Waals surface area contributed by atoms with Crippen LogP contribution in [0.25, 0.3) is 0 Å². The van der Waals surface area contributed by atoms with Gasteiger partial charge >= 0.3 is 0 Å². The summed E-state index contributed by atoms with van der Waals surface area (Å²) < 4.78 is 6.89. The number of carbonyl (C=O) groups is 1. The lowest BCUT2D eigenvalue weighted by molar-refractivity contribution is 0.0925. The van der Waals surface area contributed by atoms with Gasteiger partial charge < -0.3 is 15.5 Å². The Labute approximate surface area is 117 Å². The first-order valence-corrected chi connectivity index (χ1v) is 6.48. The number of amides is 1. The molecule has 0 saturated heterocycles. The van der Waals surface area contributed by atoms with Crippen LogP contribution in [-0.2, 0) is 13.5 Å². The lowest BCUT2D eigenvalue weighted by atomic mass is 10.2. The predicted molar refractivity (Wildman–Crippen MR) is 74.1 cm³/mol. The highest BCUT2D eigenvalue weighted by Gasteiger charge is 2.22. The first-order valence-electron chi connectivity index (χ1n) is 6.48. The van der Waals surface area contributed by atoms with Crippen molar-refractivity contribution in [3.05, 3.63) is 29.2 Å². The summed E-state index contributed by atoms with van der Waals surface area (Å²) >= 11 is 0. The highest BCUT2D eigenvalue weighted by Crippen LogP contribution is 2.19. The van der Waals surface area contributed by atoms with Crippen LogP contribution in [0, 0.1) is 6.92 Å². The van der Waals surface area contributed by atoms with Gasteiger partial charge in [-0.15, -0.1) is 0 Å². The Kier molecular flexibility index (Phi) is 3.78. The zero-order valence-electron chi connectivity index (χ0n) is 12.1. The van der Waals surface area contributed by atoms with Gasteiger partial charge in [0.1, 0.15) is 17.5 Å². The number of nitrogen functional groups attached to an aromatic ring is 1. The Hall–Kier alpha value is -2.31. The Morgan fingerprint density at radius 1 is 1.60 bits per heavy atom. The van der Waals surface area contributed by atoms with Crippen molar-refractivity contribution in [3.63, 3.8) is 0 Å². The average molecular weight is 277 g/mol. The lowest BCUT2D eigenvalue weighted by Crippen LogP contribution is -2.29. The molecule has 1 atom stereocenters. The molecule has 108 valence electrons. The number of rotatable bonds is 4. The van der Waals surface area contributed by atoms with Crippen LogP contribution >= 0.6 is 0 Å². The van der Waals surface area contributed by atoms with Crippen molar-refractivity contribution in [2.75, 3.05) is 5.73 Å². The number of nitrogens with one attached hydrogen (secondary N) is 1. The SMILES string of the molecule is CCc1nn(C)c(C(=O)NC(C)c2ncc(C)o2)c1N. The molecule has 0 bridgehead atoms. The van der Waals surface area contributed by atoms with Crippen molar-refractivity contribution in [1.29, 1.82) is 0 Å². The predicted octanol–water partition coefficient (Wildman–Crippen LogP) is 1.35. The van der Waals surface area contributed by atoms with Crippen molar-refractivity contribution in [1.82, 2.24) is 20.1 Å². The smallest absolute Gasteiger partial charge is 0.272 e. The molecule has 0 aliphatic rings. The molecule has 1 unspecified atom stereocenters. The molecule has 0 fully saturated rings. The largest absolute Gasteiger partial charge is 0.444 e. The van der Waals surface area contributed by atoms with Gasteiger partial charge in [0.15, 0.2) is 0 Å². The topological polar surface area (TPSA) is 99.0 Å². The fourth-order valence-electron chi connectivity index (χ4n) is 2.03. The average Bonchev–Trinajstić information content (AvgIpc) is 2.93. The summed E-state index contributed by atoms with van der Waals surface area (Å²) in [6.07, 6.45) is 2.30. The van der Waals surface area contributed by atoms with Crippen LogP contribution in [0.15, 0.2) is 10.6 Å². The number of carbonyl (C=O) groups excluding carboxylic acids is 1. The van der Waals surface area contributed by atoms with Crippen LogP contribution in [-0.4, -0.2) is 20.7 Å². The third-order valence-electron chi connectivity index (χ3n) is 3.07. The second kappa shape index (κ2) is 5.36. The third-order valence-corrected chi connectivity index (χ3v) is 3.07. The van der Waals surface area contributed by atoms with Crippen LogP contribution in [0.2, 0.25) is 0 Å². The molecule has 7 nitrogen and oxygen atoms in total. The highest BCUT2D eigenvalue weighted by molar-refractivity contribution is 5.98. The fourth-order valence-corrected chi connectivity index (χ4v) is 2.03. The van der Waals surface area contributed by atoms with Crippen LogP contribution < -0.4 is 11.1 Å². The van der Waals surface area contributed by atoms with Crippen molar-refractivity contribution in [2.45, 2.75) is 33.2 Å². The maximum atomic E-state index is 12.3. The summed E-state index contributed by atoms with van der Waals surface area (Å²) in [5.74, 6) is 0.877. The van der Waals surface area contributed by atoms with Crippen LogP contribution in [0.5, 0.6) is 0 Å². The summed E-state index contributed by atoms with van der Waals surface area (Å²) in [5.41, 5.74) is 7.45. The van der Waals surface area contributed by atoms with Gasteiger partial charge in [0.05, 0.1) is 17.6 Å². The molecule has 0 radical (unpaired) electrons. The second-order valence-electron chi connectivity index (χ2n) is 4.69. The first kappa shape index (κ1) is 14.1. The van der Waals surface area contributed by atoms with Gasteiger partial charge in [-0.05, 0) is 20.3 Å². The number of hydrogen-bond donors (Lipinski definition) is 2. The number of aromatic nitrogens is 3. The number of nitrogens with two attached hydrogens (primary N) is 1. The Morgan fingerprint density at radius 2 is 2.30 bits per heavy atom. The number of oxazole rings is 1. The van der Waals surface area contributed by atoms with Crippen LogP contribution in [0.4, 0.5) is 5.69 Å². The highest BCUT2D eigenvalue weighted by atomic mass is 16.4. The van der Waals surface area contributed by atoms with E-state index in [1.54, 1.807) is 27.1 Å². The summed E-state index contributed by atoms with van der Waals surface area (Å²) in [4.78, 5) is 16.4. The van der Waals surface area contributed by atoms with E-state index in [0.29, 0.717) is 29.5 Å². The minimum Gasteiger partial charge on any atom is -0.444 e. The summed E-state index contributed by atoms with van der Waals surface area (Å²) in [7, 11) is 1.70. The molecule has 0 aromatic carbocycles. The molecule has 3 N–H and O–H groups in total. The van der Waals surface area contributed by atoms with Crippen LogP contribution in [0.1, 0.15) is 47.7 Å². The maximum Gasteiger partial charge on any atom is 0.272 e. The molecule has 2 aromatic heterocycles. The number of hydrogen-bond acceptors (Lipinski definition) is 5. The monoisotopic (exact) mass is 277 g/mol. The summed E-state index contributed by atoms with van der Waals surface area (Å²) in [6.45, 7) is 5.55. The molecule has 0 spiro atoms. The zero-order chi connectivity index (χ0) is 14.9. The lowest BCUT2D eigenvalue weighted by Gasteiger charge is -2.11. The fraction of sp³-hybridized carbons (Fsp3) is 0.462. The molecule has 20 heavy (non-hydrogen) atoms. The Morgan fingerprint density at radius 3 is 2.80 bits per heavy atom. The minimum absolute atomic E-state index is 0.291. The molecule has 0 saturated carbocycles. The third kappa shape index (κ3) is 2.52. The zero-order valence-corrected chi connectivity index (χ0v) is 12.1. The van der Waals surface area contributed by atoms with Gasteiger partial charge in [-0.1, -0.05) is 6.92 Å². The number of aryl methyl sites for hydroxylation is 3. The van der Waals surface area contributed by atoms with Crippen molar-refractivity contribution in [2.24, 2.45) is 7.05 Å². The van der Waals surface area contributed by atoms with E-state index >= 15 is 0 Å². The molecule has 7 heteroatoms. The molecule has 2 aromatic rings. The van der Waals surface area contributed by atoms with E-state index in [9.17, 15) is 4.79 Å². The summed E-state index contributed by atoms with van der Waals surface area (Å²) in [6, 6.07) is -0.337. The van der Waals surface area contributed by atoms with Gasteiger partial charge in [0.25, 0.3) is 5.91 Å². The van der Waals surface area contributed by atoms with E-state index < -0.39 is 0 Å². The first-order chi connectivity index (χ1) is 9.43. The van der Waals surface area contributed by atoms with E-state index in [4.69, 9.17) is 10.2 Å². The Balaban J connectivity index is 2.18. The van der Waals surface area contributed by atoms with E-state index in [1.165, 1.54) is 4.68 Å². The van der Waals surface area contributed by atoms with Gasteiger partial charge in [0, 0.05) is 7.05 Å². The van der Waals surface area contributed by atoms with Gasteiger partial charge in [-0.2, -0.15) is 5.10 Å². The quantitative estimate of drug-likeness (QED) is 0.879. The number of nitrogens with zero attached hydrogens (tertiary/aromatic N) is 3. The Bertz CT molecular complexity index is 629. The van der Waals surface area contributed by atoms with Gasteiger partial charge in [-0.3, -0.25) is 9.48 Å². The molecular weight excluding hydrogens is 258 g/mol. The van der Waals surface area contributed by atoms with Crippen LogP contribution in [0.3, 0.4) is 0 Å². The molecule has 1 amide bonds. The normalized spacial score (nSPS) is 12.4. The molecular formula is C13H19N5O2. The van der Waals surface area contributed by atoms with Crippen molar-refractivity contribution < 1.29 is 9.21 Å². The molecule has 2 rings (SSSR count). The second-order valence-corrected chi connectivity index (χ2v) is 4.69. The minimum atomic E-state index is -0.337. The van der Waals surface area contributed by atoms with Crippen molar-refractivity contribution in [3.8, 4) is 0 Å². The van der Waals surface area contributed by atoms with E-state index in [0.717, 1.165) is 5.69 Å². The molecule has 2 heterocycles. The standard InChI is InChI=1S/C13H19N5O2/c1-5-9-10(14)11(18(4)17-9)12(19)16-8(3)13-15-6-7(2)20-13/h6,8H,5,14H2,1-4H3,(H,16,19). The maximum absolute atomic E-state index is 12.3. The molecule has 0 aliphatic carbocycles. The summed E-state index contributed by atoms with van der Waals surface area (Å²) in [5, 5.41) is 7.03. The van der Waals surface area contributed by atoms with Gasteiger partial charge in [-0.25, -0.2) is 4.98 Å². The van der Waals surface area contributed by atoms with E-state index in [2.05, 4.69) is 15.4 Å². The van der Waals surface area contributed by atoms with Crippen molar-refractivity contribution >= 4 is 11.6 Å². The van der Waals surface area contributed by atoms with E-state index in [1.807, 2.05) is 6.92 Å².